The van der Waals surface area contributed by atoms with E-state index in [9.17, 15) is 4.79 Å². The first-order valence-corrected chi connectivity index (χ1v) is 9.31. The van der Waals surface area contributed by atoms with E-state index in [1.54, 1.807) is 6.92 Å². The number of esters is 1. The highest BCUT2D eigenvalue weighted by Gasteiger charge is 2.16. The lowest BCUT2D eigenvalue weighted by atomic mass is 9.85. The van der Waals surface area contributed by atoms with Gasteiger partial charge in [0, 0.05) is 5.57 Å². The minimum Gasteiger partial charge on any atom is -0.458 e. The van der Waals surface area contributed by atoms with Gasteiger partial charge in [-0.2, -0.15) is 0 Å². The van der Waals surface area contributed by atoms with E-state index in [1.807, 2.05) is 6.08 Å². The van der Waals surface area contributed by atoms with E-state index in [1.165, 1.54) is 44.5 Å². The van der Waals surface area contributed by atoms with Crippen LogP contribution in [0.15, 0.2) is 42.5 Å². The molecule has 0 fully saturated rings. The van der Waals surface area contributed by atoms with Crippen LogP contribution in [0.2, 0.25) is 0 Å². The molecular formula is C25H30O2. The summed E-state index contributed by atoms with van der Waals surface area (Å²) >= 11 is 0. The summed E-state index contributed by atoms with van der Waals surface area (Å²) < 4.78 is 5.37. The lowest BCUT2D eigenvalue weighted by Crippen LogP contribution is -2.07. The van der Waals surface area contributed by atoms with Crippen LogP contribution in [0.4, 0.5) is 0 Å². The van der Waals surface area contributed by atoms with Crippen molar-refractivity contribution < 1.29 is 9.53 Å². The number of carbonyl (C=O) groups is 1. The average Bonchev–Trinajstić information content (AvgIpc) is 2.52. The highest BCUT2D eigenvalue weighted by atomic mass is 16.5. The van der Waals surface area contributed by atoms with Gasteiger partial charge < -0.3 is 4.74 Å². The Hall–Kier alpha value is -2.61. The molecule has 0 radical (unpaired) electrons. The van der Waals surface area contributed by atoms with Gasteiger partial charge in [0.1, 0.15) is 6.61 Å². The number of hydrogen-bond donors (Lipinski definition) is 0. The molecule has 0 aromatic heterocycles. The van der Waals surface area contributed by atoms with Gasteiger partial charge in [0.05, 0.1) is 0 Å². The van der Waals surface area contributed by atoms with Gasteiger partial charge in [0.15, 0.2) is 0 Å². The van der Waals surface area contributed by atoms with Crippen molar-refractivity contribution in [2.45, 2.75) is 48.5 Å². The second-order valence-corrected chi connectivity index (χ2v) is 7.54. The third-order valence-electron chi connectivity index (χ3n) is 4.74. The van der Waals surface area contributed by atoms with Gasteiger partial charge in [-0.15, -0.1) is 0 Å². The fourth-order valence-electron chi connectivity index (χ4n) is 3.86. The summed E-state index contributed by atoms with van der Waals surface area (Å²) in [4.78, 5) is 11.8. The third-order valence-corrected chi connectivity index (χ3v) is 4.74. The molecule has 2 rings (SSSR count). The molecule has 0 aliphatic heterocycles. The number of ether oxygens (including phenoxy) is 1. The summed E-state index contributed by atoms with van der Waals surface area (Å²) in [5.41, 5.74) is 11.4. The fraction of sp³-hybridized carbons (Fsp3) is 0.320. The summed E-state index contributed by atoms with van der Waals surface area (Å²) in [6.07, 6.45) is 2.02. The van der Waals surface area contributed by atoms with E-state index in [4.69, 9.17) is 4.74 Å². The molecule has 0 N–H and O–H groups in total. The zero-order valence-corrected chi connectivity index (χ0v) is 17.6. The molecule has 2 aromatic rings. The molecule has 0 saturated heterocycles. The maximum atomic E-state index is 11.8. The Morgan fingerprint density at radius 1 is 0.852 bits per heavy atom. The summed E-state index contributed by atoms with van der Waals surface area (Å²) in [5, 5.41) is 0. The fourth-order valence-corrected chi connectivity index (χ4v) is 3.86. The maximum absolute atomic E-state index is 11.8. The van der Waals surface area contributed by atoms with E-state index in [0.29, 0.717) is 5.57 Å². The first-order chi connectivity index (χ1) is 12.6. The number of carbonyl (C=O) groups excluding carboxylic acids is 1. The molecule has 0 atom stereocenters. The molecule has 0 aliphatic rings. The molecule has 0 saturated carbocycles. The average molecular weight is 363 g/mol. The minimum atomic E-state index is -0.361. The van der Waals surface area contributed by atoms with Gasteiger partial charge in [0.25, 0.3) is 0 Å². The summed E-state index contributed by atoms with van der Waals surface area (Å²) in [6, 6.07) is 8.81. The predicted octanol–water partition coefficient (Wildman–Crippen LogP) is 6.09. The molecule has 2 nitrogen and oxygen atoms in total. The standard InChI is InChI=1S/C25H30O2/c1-15(2)25(26)27-10-9-22(23-18(5)11-16(3)12-19(23)6)24-20(7)13-17(4)14-21(24)8/h9,11-14H,1,10H2,2-8H3. The number of benzene rings is 2. The molecular weight excluding hydrogens is 332 g/mol. The number of aryl methyl sites for hydroxylation is 6. The molecule has 0 heterocycles. The monoisotopic (exact) mass is 362 g/mol. The van der Waals surface area contributed by atoms with Gasteiger partial charge in [-0.1, -0.05) is 42.0 Å². The SMILES string of the molecule is C=C(C)C(=O)OCC=C(c1c(C)cc(C)cc1C)c1c(C)cc(C)cc1C. The molecule has 0 bridgehead atoms. The Morgan fingerprint density at radius 2 is 1.22 bits per heavy atom. The van der Waals surface area contributed by atoms with Crippen LogP contribution in [0.1, 0.15) is 51.4 Å². The smallest absolute Gasteiger partial charge is 0.333 e. The van der Waals surface area contributed by atoms with Crippen LogP contribution >= 0.6 is 0 Å². The molecule has 0 unspecified atom stereocenters. The molecule has 0 aliphatic carbocycles. The van der Waals surface area contributed by atoms with Gasteiger partial charge in [-0.3, -0.25) is 0 Å². The van der Waals surface area contributed by atoms with Crippen LogP contribution < -0.4 is 0 Å². The van der Waals surface area contributed by atoms with E-state index in [2.05, 4.69) is 72.4 Å². The summed E-state index contributed by atoms with van der Waals surface area (Å²) in [7, 11) is 0. The van der Waals surface area contributed by atoms with Gasteiger partial charge in [0.2, 0.25) is 0 Å². The van der Waals surface area contributed by atoms with Crippen LogP contribution in [-0.2, 0) is 9.53 Å². The zero-order chi connectivity index (χ0) is 20.3. The van der Waals surface area contributed by atoms with E-state index < -0.39 is 0 Å². The second kappa shape index (κ2) is 8.39. The Morgan fingerprint density at radius 3 is 1.56 bits per heavy atom. The topological polar surface area (TPSA) is 26.3 Å². The van der Waals surface area contributed by atoms with Gasteiger partial charge in [-0.25, -0.2) is 4.79 Å². The highest BCUT2D eigenvalue weighted by molar-refractivity contribution is 5.88. The van der Waals surface area contributed by atoms with Crippen molar-refractivity contribution in [2.24, 2.45) is 0 Å². The van der Waals surface area contributed by atoms with Crippen LogP contribution in [-0.4, -0.2) is 12.6 Å². The summed E-state index contributed by atoms with van der Waals surface area (Å²) in [5.74, 6) is -0.361. The Labute approximate surface area is 163 Å². The zero-order valence-electron chi connectivity index (χ0n) is 17.6. The summed E-state index contributed by atoms with van der Waals surface area (Å²) in [6.45, 7) is 18.3. The molecule has 2 aromatic carbocycles. The third kappa shape index (κ3) is 4.77. The first kappa shape index (κ1) is 20.7. The quantitative estimate of drug-likeness (QED) is 0.475. The molecule has 0 spiro atoms. The van der Waals surface area contributed by atoms with E-state index in [-0.39, 0.29) is 12.6 Å². The van der Waals surface area contributed by atoms with Crippen LogP contribution in [0.3, 0.4) is 0 Å². The minimum absolute atomic E-state index is 0.223. The number of hydrogen-bond acceptors (Lipinski definition) is 2. The Bertz CT molecular complexity index is 824. The largest absolute Gasteiger partial charge is 0.458 e. The van der Waals surface area contributed by atoms with Crippen LogP contribution in [0.5, 0.6) is 0 Å². The predicted molar refractivity (Wildman–Crippen MR) is 114 cm³/mol. The molecule has 2 heteroatoms. The van der Waals surface area contributed by atoms with Crippen molar-refractivity contribution in [1.82, 2.24) is 0 Å². The lowest BCUT2D eigenvalue weighted by molar-refractivity contribution is -0.137. The van der Waals surface area contributed by atoms with E-state index >= 15 is 0 Å². The van der Waals surface area contributed by atoms with Crippen molar-refractivity contribution in [3.63, 3.8) is 0 Å². The van der Waals surface area contributed by atoms with Crippen molar-refractivity contribution in [1.29, 1.82) is 0 Å². The maximum Gasteiger partial charge on any atom is 0.333 e. The van der Waals surface area contributed by atoms with Gasteiger partial charge in [-0.05, 0) is 93.5 Å². The van der Waals surface area contributed by atoms with Crippen LogP contribution in [0.25, 0.3) is 5.57 Å². The lowest BCUT2D eigenvalue weighted by Gasteiger charge is -2.20. The molecule has 27 heavy (non-hydrogen) atoms. The van der Waals surface area contributed by atoms with Crippen LogP contribution in [0, 0.1) is 41.5 Å². The van der Waals surface area contributed by atoms with Crippen molar-refractivity contribution in [2.75, 3.05) is 6.61 Å². The van der Waals surface area contributed by atoms with E-state index in [0.717, 1.165) is 5.57 Å². The van der Waals surface area contributed by atoms with Crippen molar-refractivity contribution >= 4 is 11.5 Å². The molecule has 142 valence electrons. The molecule has 0 amide bonds. The number of rotatable bonds is 5. The van der Waals surface area contributed by atoms with Gasteiger partial charge >= 0.3 is 5.97 Å². The first-order valence-electron chi connectivity index (χ1n) is 9.31. The van der Waals surface area contributed by atoms with Crippen molar-refractivity contribution in [3.8, 4) is 0 Å². The van der Waals surface area contributed by atoms with Crippen molar-refractivity contribution in [3.05, 3.63) is 87.0 Å². The highest BCUT2D eigenvalue weighted by Crippen LogP contribution is 2.34. The Kier molecular flexibility index (Phi) is 6.43. The normalized spacial score (nSPS) is 10.5. The Balaban J connectivity index is 2.64. The second-order valence-electron chi connectivity index (χ2n) is 7.54.